The molecule has 0 fully saturated rings. The van der Waals surface area contributed by atoms with E-state index in [1.165, 1.54) is 11.8 Å². The van der Waals surface area contributed by atoms with Crippen LogP contribution >= 0.6 is 23.4 Å². The molecular formula is C19H17ClN4S. The smallest absolute Gasteiger partial charge is 0.197 e. The third-order valence-corrected chi connectivity index (χ3v) is 4.95. The lowest BCUT2D eigenvalue weighted by atomic mass is 10.1. The first-order valence-electron chi connectivity index (χ1n) is 7.85. The van der Waals surface area contributed by atoms with Crippen LogP contribution in [0.5, 0.6) is 0 Å². The third-order valence-electron chi connectivity index (χ3n) is 3.79. The van der Waals surface area contributed by atoms with Crippen molar-refractivity contribution in [2.24, 2.45) is 0 Å². The molecule has 0 amide bonds. The Kier molecular flexibility index (Phi) is 5.12. The molecule has 1 atom stereocenters. The largest absolute Gasteiger partial charge is 0.270 e. The minimum absolute atomic E-state index is 0.222. The van der Waals surface area contributed by atoms with Crippen LogP contribution in [-0.4, -0.2) is 20.0 Å². The summed E-state index contributed by atoms with van der Waals surface area (Å²) < 4.78 is 2.01. The fraction of sp³-hybridized carbons (Fsp3) is 0.211. The number of halogens is 1. The Morgan fingerprint density at radius 1 is 1.16 bits per heavy atom. The average Bonchev–Trinajstić information content (AvgIpc) is 3.00. The Labute approximate surface area is 156 Å². The van der Waals surface area contributed by atoms with Crippen molar-refractivity contribution >= 4 is 23.4 Å². The van der Waals surface area contributed by atoms with Gasteiger partial charge in [0.1, 0.15) is 0 Å². The van der Waals surface area contributed by atoms with Crippen molar-refractivity contribution in [1.82, 2.24) is 14.8 Å². The second-order valence-electron chi connectivity index (χ2n) is 5.83. The van der Waals surface area contributed by atoms with Gasteiger partial charge in [-0.3, -0.25) is 4.57 Å². The van der Waals surface area contributed by atoms with Crippen molar-refractivity contribution < 1.29 is 0 Å². The van der Waals surface area contributed by atoms with Gasteiger partial charge in [-0.2, -0.15) is 5.26 Å². The van der Waals surface area contributed by atoms with Gasteiger partial charge in [-0.15, -0.1) is 10.2 Å². The number of aromatic nitrogens is 3. The van der Waals surface area contributed by atoms with Gasteiger partial charge < -0.3 is 0 Å². The lowest BCUT2D eigenvalue weighted by Crippen LogP contribution is -2.04. The van der Waals surface area contributed by atoms with E-state index in [2.05, 4.69) is 48.3 Å². The van der Waals surface area contributed by atoms with Crippen molar-refractivity contribution in [3.8, 4) is 23.1 Å². The quantitative estimate of drug-likeness (QED) is 0.593. The molecule has 1 unspecified atom stereocenters. The summed E-state index contributed by atoms with van der Waals surface area (Å²) in [5.41, 5.74) is 4.15. The van der Waals surface area contributed by atoms with E-state index >= 15 is 0 Å². The fourth-order valence-electron chi connectivity index (χ4n) is 2.52. The molecule has 0 N–H and O–H groups in total. The minimum Gasteiger partial charge on any atom is -0.270 e. The molecule has 0 aliphatic heterocycles. The lowest BCUT2D eigenvalue weighted by Gasteiger charge is -2.14. The second-order valence-corrected chi connectivity index (χ2v) is 7.58. The summed E-state index contributed by atoms with van der Waals surface area (Å²) in [7, 11) is 0. The van der Waals surface area contributed by atoms with Crippen molar-refractivity contribution in [1.29, 1.82) is 5.26 Å². The first kappa shape index (κ1) is 17.5. The third kappa shape index (κ3) is 3.71. The Morgan fingerprint density at radius 2 is 1.96 bits per heavy atom. The van der Waals surface area contributed by atoms with E-state index in [0.717, 1.165) is 22.4 Å². The first-order chi connectivity index (χ1) is 12.0. The number of nitrogens with zero attached hydrogens (tertiary/aromatic N) is 4. The van der Waals surface area contributed by atoms with Crippen LogP contribution < -0.4 is 0 Å². The van der Waals surface area contributed by atoms with Crippen LogP contribution in [0.4, 0.5) is 0 Å². The van der Waals surface area contributed by atoms with Gasteiger partial charge in [0, 0.05) is 10.6 Å². The Morgan fingerprint density at radius 3 is 2.68 bits per heavy atom. The maximum Gasteiger partial charge on any atom is 0.197 e. The van der Waals surface area contributed by atoms with Gasteiger partial charge in [-0.1, -0.05) is 47.6 Å². The van der Waals surface area contributed by atoms with E-state index in [4.69, 9.17) is 11.6 Å². The van der Waals surface area contributed by atoms with Crippen molar-refractivity contribution in [2.45, 2.75) is 31.2 Å². The standard InChI is InChI=1S/C19H17ClN4S/c1-12-7-8-13(2)17(9-12)24-18(15-5-4-6-16(20)10-15)22-23-19(24)25-14(3)11-21/h4-10,14H,1-3H3. The summed E-state index contributed by atoms with van der Waals surface area (Å²) in [4.78, 5) is 0. The van der Waals surface area contributed by atoms with Crippen LogP contribution in [0.1, 0.15) is 18.1 Å². The zero-order valence-corrected chi connectivity index (χ0v) is 15.8. The summed E-state index contributed by atoms with van der Waals surface area (Å²) in [5.74, 6) is 0.712. The van der Waals surface area contributed by atoms with Crippen molar-refractivity contribution in [3.05, 3.63) is 58.6 Å². The van der Waals surface area contributed by atoms with Crippen molar-refractivity contribution in [3.63, 3.8) is 0 Å². The zero-order valence-electron chi connectivity index (χ0n) is 14.2. The molecule has 126 valence electrons. The molecule has 0 saturated heterocycles. The van der Waals surface area contributed by atoms with Gasteiger partial charge in [0.05, 0.1) is 17.0 Å². The summed E-state index contributed by atoms with van der Waals surface area (Å²) in [6.07, 6.45) is 0. The molecular weight excluding hydrogens is 352 g/mol. The summed E-state index contributed by atoms with van der Waals surface area (Å²) in [6, 6.07) is 16.0. The van der Waals surface area contributed by atoms with Gasteiger partial charge in [0.2, 0.25) is 0 Å². The van der Waals surface area contributed by atoms with Crippen LogP contribution in [0.25, 0.3) is 17.1 Å². The van der Waals surface area contributed by atoms with Gasteiger partial charge in [-0.25, -0.2) is 0 Å². The minimum atomic E-state index is -0.222. The molecule has 25 heavy (non-hydrogen) atoms. The second kappa shape index (κ2) is 7.30. The summed E-state index contributed by atoms with van der Waals surface area (Å²) in [5, 5.41) is 19.0. The zero-order chi connectivity index (χ0) is 18.0. The number of benzene rings is 2. The fourth-order valence-corrected chi connectivity index (χ4v) is 3.46. The summed E-state index contributed by atoms with van der Waals surface area (Å²) >= 11 is 7.55. The van der Waals surface area contributed by atoms with E-state index in [1.807, 2.05) is 35.8 Å². The average molecular weight is 369 g/mol. The normalized spacial score (nSPS) is 12.0. The number of hydrogen-bond acceptors (Lipinski definition) is 4. The predicted molar refractivity (Wildman–Crippen MR) is 102 cm³/mol. The molecule has 3 aromatic rings. The van der Waals surface area contributed by atoms with Crippen LogP contribution in [-0.2, 0) is 0 Å². The highest BCUT2D eigenvalue weighted by Gasteiger charge is 2.19. The highest BCUT2D eigenvalue weighted by molar-refractivity contribution is 8.00. The van der Waals surface area contributed by atoms with Gasteiger partial charge in [-0.05, 0) is 50.1 Å². The topological polar surface area (TPSA) is 54.5 Å². The molecule has 1 heterocycles. The van der Waals surface area contributed by atoms with Crippen LogP contribution in [0, 0.1) is 25.2 Å². The molecule has 2 aromatic carbocycles. The van der Waals surface area contributed by atoms with Crippen molar-refractivity contribution in [2.75, 3.05) is 0 Å². The van der Waals surface area contributed by atoms with E-state index in [0.29, 0.717) is 16.0 Å². The number of aryl methyl sites for hydroxylation is 2. The number of hydrogen-bond donors (Lipinski definition) is 0. The Hall–Kier alpha value is -2.29. The maximum atomic E-state index is 9.17. The molecule has 0 saturated carbocycles. The lowest BCUT2D eigenvalue weighted by molar-refractivity contribution is 0.877. The molecule has 1 aromatic heterocycles. The SMILES string of the molecule is Cc1ccc(C)c(-n2c(SC(C)C#N)nnc2-c2cccc(Cl)c2)c1. The number of thioether (sulfide) groups is 1. The molecule has 0 aliphatic rings. The molecule has 0 aliphatic carbocycles. The molecule has 0 radical (unpaired) electrons. The van der Waals surface area contributed by atoms with Crippen LogP contribution in [0.3, 0.4) is 0 Å². The molecule has 0 spiro atoms. The molecule has 4 nitrogen and oxygen atoms in total. The van der Waals surface area contributed by atoms with Gasteiger partial charge >= 0.3 is 0 Å². The van der Waals surface area contributed by atoms with E-state index in [-0.39, 0.29) is 5.25 Å². The first-order valence-corrected chi connectivity index (χ1v) is 9.10. The number of nitriles is 1. The van der Waals surface area contributed by atoms with Gasteiger partial charge in [0.15, 0.2) is 11.0 Å². The van der Waals surface area contributed by atoms with Crippen LogP contribution in [0.15, 0.2) is 47.6 Å². The maximum absolute atomic E-state index is 9.17. The monoisotopic (exact) mass is 368 g/mol. The van der Waals surface area contributed by atoms with E-state index < -0.39 is 0 Å². The Balaban J connectivity index is 2.23. The number of rotatable bonds is 4. The summed E-state index contributed by atoms with van der Waals surface area (Å²) in [6.45, 7) is 5.96. The predicted octanol–water partition coefficient (Wildman–Crippen LogP) is 5.21. The van der Waals surface area contributed by atoms with E-state index in [1.54, 1.807) is 0 Å². The highest BCUT2D eigenvalue weighted by atomic mass is 35.5. The molecule has 0 bridgehead atoms. The molecule has 3 rings (SSSR count). The Bertz CT molecular complexity index is 958. The van der Waals surface area contributed by atoms with E-state index in [9.17, 15) is 5.26 Å². The highest BCUT2D eigenvalue weighted by Crippen LogP contribution is 2.32. The van der Waals surface area contributed by atoms with Crippen LogP contribution in [0.2, 0.25) is 5.02 Å². The molecule has 6 heteroatoms. The van der Waals surface area contributed by atoms with Gasteiger partial charge in [0.25, 0.3) is 0 Å².